The van der Waals surface area contributed by atoms with Crippen LogP contribution in [0.1, 0.15) is 25.3 Å². The van der Waals surface area contributed by atoms with Gasteiger partial charge in [-0.3, -0.25) is 4.99 Å². The first kappa shape index (κ1) is 18.8. The number of nitrogens with zero attached hydrogens (tertiary/aromatic N) is 1. The fourth-order valence-corrected chi connectivity index (χ4v) is 3.37. The molecule has 26 heavy (non-hydrogen) atoms. The molecule has 2 aliphatic heterocycles. The number of hydrogen-bond donors (Lipinski definition) is 2. The van der Waals surface area contributed by atoms with E-state index in [9.17, 15) is 0 Å². The van der Waals surface area contributed by atoms with Crippen molar-refractivity contribution < 1.29 is 18.9 Å². The normalized spacial score (nSPS) is 18.6. The lowest BCUT2D eigenvalue weighted by Crippen LogP contribution is -2.42. The molecular weight excluding hydrogens is 334 g/mol. The monoisotopic (exact) mass is 363 g/mol. The SMILES string of the molecule is CCNC(=NCC1(c2ccc3c(c2)OCO3)CCOCC1)NCCOC. The maximum atomic E-state index is 5.62. The first-order valence-corrected chi connectivity index (χ1v) is 9.26. The Kier molecular flexibility index (Phi) is 6.57. The van der Waals surface area contributed by atoms with Crippen LogP contribution in [-0.4, -0.2) is 59.3 Å². The fourth-order valence-electron chi connectivity index (χ4n) is 3.37. The minimum absolute atomic E-state index is 0.0527. The van der Waals surface area contributed by atoms with Gasteiger partial charge in [-0.15, -0.1) is 0 Å². The van der Waals surface area contributed by atoms with E-state index in [1.165, 1.54) is 5.56 Å². The van der Waals surface area contributed by atoms with Crippen molar-refractivity contribution in [2.75, 3.05) is 53.4 Å². The lowest BCUT2D eigenvalue weighted by atomic mass is 9.74. The van der Waals surface area contributed by atoms with E-state index < -0.39 is 0 Å². The number of nitrogens with one attached hydrogen (secondary N) is 2. The quantitative estimate of drug-likeness (QED) is 0.436. The third kappa shape index (κ3) is 4.40. The molecule has 1 aromatic carbocycles. The minimum Gasteiger partial charge on any atom is -0.454 e. The number of methoxy groups -OCH3 is 1. The zero-order valence-corrected chi connectivity index (χ0v) is 15.7. The molecule has 7 heteroatoms. The molecule has 0 spiro atoms. The summed E-state index contributed by atoms with van der Waals surface area (Å²) >= 11 is 0. The summed E-state index contributed by atoms with van der Waals surface area (Å²) in [7, 11) is 1.70. The molecule has 0 radical (unpaired) electrons. The number of benzene rings is 1. The Morgan fingerprint density at radius 2 is 2.00 bits per heavy atom. The molecule has 3 rings (SSSR count). The molecule has 0 aliphatic carbocycles. The van der Waals surface area contributed by atoms with Gasteiger partial charge in [0.05, 0.1) is 13.2 Å². The number of ether oxygens (including phenoxy) is 4. The standard InChI is InChI=1S/C19H29N3O4/c1-3-20-18(21-8-11-23-2)22-13-19(6-9-24-10-7-19)15-4-5-16-17(12-15)26-14-25-16/h4-5,12H,3,6-11,13-14H2,1-2H3,(H2,20,21,22). The number of fused-ring (bicyclic) bond motifs is 1. The zero-order chi connectivity index (χ0) is 18.2. The Morgan fingerprint density at radius 3 is 2.77 bits per heavy atom. The summed E-state index contributed by atoms with van der Waals surface area (Å²) in [5.74, 6) is 2.45. The lowest BCUT2D eigenvalue weighted by Gasteiger charge is -2.36. The molecule has 0 unspecified atom stereocenters. The van der Waals surface area contributed by atoms with E-state index in [-0.39, 0.29) is 5.41 Å². The minimum atomic E-state index is -0.0527. The Bertz CT molecular complexity index is 615. The van der Waals surface area contributed by atoms with Crippen molar-refractivity contribution in [2.45, 2.75) is 25.2 Å². The number of aliphatic imine (C=N–C) groups is 1. The second-order valence-corrected chi connectivity index (χ2v) is 6.58. The molecule has 1 fully saturated rings. The highest BCUT2D eigenvalue weighted by molar-refractivity contribution is 5.79. The zero-order valence-electron chi connectivity index (χ0n) is 15.7. The van der Waals surface area contributed by atoms with Crippen molar-refractivity contribution in [3.05, 3.63) is 23.8 Å². The van der Waals surface area contributed by atoms with Crippen LogP contribution in [0.4, 0.5) is 0 Å². The van der Waals surface area contributed by atoms with Crippen LogP contribution in [0.5, 0.6) is 11.5 Å². The van der Waals surface area contributed by atoms with Crippen LogP contribution >= 0.6 is 0 Å². The second-order valence-electron chi connectivity index (χ2n) is 6.58. The third-order valence-electron chi connectivity index (χ3n) is 4.92. The molecule has 144 valence electrons. The van der Waals surface area contributed by atoms with Crippen LogP contribution in [0.25, 0.3) is 0 Å². The van der Waals surface area contributed by atoms with Crippen LogP contribution in [0, 0.1) is 0 Å². The summed E-state index contributed by atoms with van der Waals surface area (Å²) in [6, 6.07) is 6.24. The van der Waals surface area contributed by atoms with Crippen molar-refractivity contribution in [3.8, 4) is 11.5 Å². The van der Waals surface area contributed by atoms with E-state index in [1.54, 1.807) is 7.11 Å². The number of guanidine groups is 1. The van der Waals surface area contributed by atoms with Gasteiger partial charge < -0.3 is 29.6 Å². The summed E-state index contributed by atoms with van der Waals surface area (Å²) < 4.78 is 21.8. The summed E-state index contributed by atoms with van der Waals surface area (Å²) in [5.41, 5.74) is 1.18. The Morgan fingerprint density at radius 1 is 1.19 bits per heavy atom. The summed E-state index contributed by atoms with van der Waals surface area (Å²) in [6.45, 7) is 6.73. The van der Waals surface area contributed by atoms with E-state index in [0.717, 1.165) is 56.6 Å². The fraction of sp³-hybridized carbons (Fsp3) is 0.632. The highest BCUT2D eigenvalue weighted by atomic mass is 16.7. The highest BCUT2D eigenvalue weighted by Crippen LogP contribution is 2.41. The average Bonchev–Trinajstić information content (AvgIpc) is 3.15. The molecule has 7 nitrogen and oxygen atoms in total. The van der Waals surface area contributed by atoms with Crippen LogP contribution in [0.2, 0.25) is 0 Å². The summed E-state index contributed by atoms with van der Waals surface area (Å²) in [4.78, 5) is 4.86. The van der Waals surface area contributed by atoms with Gasteiger partial charge in [-0.2, -0.15) is 0 Å². The Balaban J connectivity index is 1.79. The molecule has 0 amide bonds. The molecule has 2 heterocycles. The van der Waals surface area contributed by atoms with Crippen molar-refractivity contribution in [1.82, 2.24) is 10.6 Å². The predicted molar refractivity (Wildman–Crippen MR) is 100 cm³/mol. The third-order valence-corrected chi connectivity index (χ3v) is 4.92. The van der Waals surface area contributed by atoms with Crippen molar-refractivity contribution in [2.24, 2.45) is 4.99 Å². The van der Waals surface area contributed by atoms with Crippen molar-refractivity contribution in [3.63, 3.8) is 0 Å². The van der Waals surface area contributed by atoms with Crippen LogP contribution in [0.3, 0.4) is 0 Å². The van der Waals surface area contributed by atoms with E-state index >= 15 is 0 Å². The molecule has 0 aromatic heterocycles. The van der Waals surface area contributed by atoms with Gasteiger partial charge >= 0.3 is 0 Å². The van der Waals surface area contributed by atoms with Gasteiger partial charge in [-0.25, -0.2) is 0 Å². The van der Waals surface area contributed by atoms with E-state index in [4.69, 9.17) is 23.9 Å². The van der Waals surface area contributed by atoms with Crippen LogP contribution < -0.4 is 20.1 Å². The first-order chi connectivity index (χ1) is 12.8. The number of rotatable bonds is 7. The largest absolute Gasteiger partial charge is 0.454 e. The second kappa shape index (κ2) is 9.09. The van der Waals surface area contributed by atoms with E-state index in [1.807, 2.05) is 6.07 Å². The lowest BCUT2D eigenvalue weighted by molar-refractivity contribution is 0.0530. The van der Waals surface area contributed by atoms with Gasteiger partial charge in [0.25, 0.3) is 0 Å². The molecule has 0 saturated carbocycles. The maximum absolute atomic E-state index is 5.62. The molecule has 0 bridgehead atoms. The summed E-state index contributed by atoms with van der Waals surface area (Å²) in [6.07, 6.45) is 1.88. The molecule has 0 atom stereocenters. The molecule has 2 N–H and O–H groups in total. The Hall–Kier alpha value is -1.99. The van der Waals surface area contributed by atoms with Gasteiger partial charge in [0, 0.05) is 38.8 Å². The molecule has 1 saturated heterocycles. The van der Waals surface area contributed by atoms with Gasteiger partial charge in [-0.05, 0) is 37.5 Å². The Labute approximate surface area is 155 Å². The first-order valence-electron chi connectivity index (χ1n) is 9.26. The maximum Gasteiger partial charge on any atom is 0.231 e. The summed E-state index contributed by atoms with van der Waals surface area (Å²) in [5, 5.41) is 6.61. The predicted octanol–water partition coefficient (Wildman–Crippen LogP) is 1.66. The van der Waals surface area contributed by atoms with Gasteiger partial charge in [0.1, 0.15) is 0 Å². The highest BCUT2D eigenvalue weighted by Gasteiger charge is 2.35. The van der Waals surface area contributed by atoms with Gasteiger partial charge in [0.2, 0.25) is 6.79 Å². The molecule has 1 aromatic rings. The van der Waals surface area contributed by atoms with E-state index in [0.29, 0.717) is 19.9 Å². The number of hydrogen-bond acceptors (Lipinski definition) is 5. The molecule has 2 aliphatic rings. The van der Waals surface area contributed by atoms with Crippen molar-refractivity contribution >= 4 is 5.96 Å². The smallest absolute Gasteiger partial charge is 0.231 e. The van der Waals surface area contributed by atoms with Crippen LogP contribution in [-0.2, 0) is 14.9 Å². The topological polar surface area (TPSA) is 73.3 Å². The van der Waals surface area contributed by atoms with E-state index in [2.05, 4.69) is 29.7 Å². The van der Waals surface area contributed by atoms with Gasteiger partial charge in [0.15, 0.2) is 17.5 Å². The average molecular weight is 363 g/mol. The molecular formula is C19H29N3O4. The van der Waals surface area contributed by atoms with Gasteiger partial charge in [-0.1, -0.05) is 6.07 Å². The van der Waals surface area contributed by atoms with Crippen molar-refractivity contribution in [1.29, 1.82) is 0 Å². The van der Waals surface area contributed by atoms with Crippen LogP contribution in [0.15, 0.2) is 23.2 Å².